The number of carbonyl (C=O) groups is 1. The third kappa shape index (κ3) is 12.6. The Hall–Kier alpha value is -2.03. The van der Waals surface area contributed by atoms with Crippen LogP contribution >= 0.6 is 0 Å². The molecule has 38 atom stereocenters. The summed E-state index contributed by atoms with van der Waals surface area (Å²) >= 11 is 0. The van der Waals surface area contributed by atoms with E-state index in [1.165, 1.54) is 18.1 Å². The Morgan fingerprint density at radius 3 is 1.48 bits per heavy atom. The van der Waals surface area contributed by atoms with Gasteiger partial charge in [-0.1, -0.05) is 45.8 Å². The van der Waals surface area contributed by atoms with E-state index in [0.29, 0.717) is 25.7 Å². The Morgan fingerprint density at radius 2 is 0.885 bits per heavy atom. The molecule has 2 saturated carbocycles. The van der Waals surface area contributed by atoms with E-state index >= 15 is 0 Å². The van der Waals surface area contributed by atoms with Gasteiger partial charge >= 0.3 is 5.97 Å². The lowest BCUT2D eigenvalue weighted by molar-refractivity contribution is -0.416. The highest BCUT2D eigenvalue weighted by Gasteiger charge is 2.72. The number of fused-ring (bicyclic) bond motifs is 5. The molecule has 552 valence electrons. The number of aliphatic hydroxyl groups excluding tert-OH is 19. The number of hydrogen-bond acceptors (Lipinski definition) is 33. The van der Waals surface area contributed by atoms with Crippen LogP contribution in [-0.2, 0) is 66.4 Å². The molecule has 0 aromatic rings. The van der Waals surface area contributed by atoms with Gasteiger partial charge in [0.25, 0.3) is 0 Å². The SMILES string of the molecule is C[C@@H]1O[C@@H](O[C@H]2[C@H](O[C@H]3[C@H](OC[C@H]4O[C@@H](O[C@H]5CC[C@]6(C)C7=C(CC[C@H]6[C@@]5(C)CO)[C@]5(C)CC[C@@]6(OC(=O)CC[C@H]6C)[C@@]5(C)CC7)[C@H](O)[C@@H](O)[C@@H]4O)O[C@H](CO)[C@H](O)[C@@H]3O)O[C@H](CO)[C@@H](O)[C@@H]2O[C@@H]2O[C@H](CO)[C@@H](O)[C@H](O)[C@H]2O[C@@H]2O[C@H](CO)[C@@H](O)[C@H](O)[C@H]2O)[C@H](O)[C@H](O)[C@H]1O. The molecule has 19 N–H and O–H groups in total. The Bertz CT molecular complexity index is 2680. The van der Waals surface area contributed by atoms with E-state index in [1.54, 1.807) is 0 Å². The van der Waals surface area contributed by atoms with Gasteiger partial charge in [-0.3, -0.25) is 4.79 Å². The van der Waals surface area contributed by atoms with Crippen LogP contribution in [0.2, 0.25) is 0 Å². The number of aliphatic hydroxyl groups is 19. The van der Waals surface area contributed by atoms with Gasteiger partial charge < -0.3 is 159 Å². The zero-order valence-corrected chi connectivity index (χ0v) is 54.6. The largest absolute Gasteiger partial charge is 0.458 e. The summed E-state index contributed by atoms with van der Waals surface area (Å²) in [4.78, 5) is 13.0. The summed E-state index contributed by atoms with van der Waals surface area (Å²) in [5.41, 5.74) is 0.285. The van der Waals surface area contributed by atoms with Crippen LogP contribution in [-0.4, -0.2) is 339 Å². The average Bonchev–Trinajstić information content (AvgIpc) is 1.41. The van der Waals surface area contributed by atoms with Crippen LogP contribution in [0.3, 0.4) is 0 Å². The van der Waals surface area contributed by atoms with Crippen LogP contribution in [0.4, 0.5) is 0 Å². The minimum atomic E-state index is -2.21. The van der Waals surface area contributed by atoms with Gasteiger partial charge in [-0.2, -0.15) is 0 Å². The summed E-state index contributed by atoms with van der Waals surface area (Å²) in [5, 5.41) is 211. The summed E-state index contributed by atoms with van der Waals surface area (Å²) < 4.78 is 79.3. The van der Waals surface area contributed by atoms with Crippen molar-refractivity contribution in [3.05, 3.63) is 11.1 Å². The molecule has 0 aromatic heterocycles. The van der Waals surface area contributed by atoms with Crippen molar-refractivity contribution >= 4 is 5.97 Å². The molecule has 11 rings (SSSR count). The van der Waals surface area contributed by atoms with E-state index < -0.39 is 240 Å². The zero-order valence-electron chi connectivity index (χ0n) is 54.6. The topological polar surface area (TPSA) is 521 Å². The second kappa shape index (κ2) is 28.9. The highest BCUT2D eigenvalue weighted by atomic mass is 16.8. The smallest absolute Gasteiger partial charge is 0.306 e. The molecule has 0 radical (unpaired) electrons. The molecule has 11 aliphatic rings. The fraction of sp³-hybridized carbons (Fsp3) is 0.952. The van der Waals surface area contributed by atoms with Gasteiger partial charge in [-0.05, 0) is 87.4 Å². The number of carbonyl (C=O) groups excluding carboxylic acids is 1. The third-order valence-electron chi connectivity index (χ3n) is 24.5. The first kappa shape index (κ1) is 75.1. The van der Waals surface area contributed by atoms with Crippen molar-refractivity contribution in [1.82, 2.24) is 0 Å². The molecule has 33 nitrogen and oxygen atoms in total. The maximum atomic E-state index is 13.0. The summed E-state index contributed by atoms with van der Waals surface area (Å²) in [6.45, 7) is 7.17. The first-order valence-electron chi connectivity index (χ1n) is 33.7. The number of esters is 1. The Balaban J connectivity index is 0.843. The Labute approximate surface area is 553 Å². The van der Waals surface area contributed by atoms with Crippen molar-refractivity contribution < 1.29 is 163 Å². The number of hydrogen-bond donors (Lipinski definition) is 19. The molecular weight excluding hydrogens is 1280 g/mol. The lowest BCUT2D eigenvalue weighted by atomic mass is 9.42. The minimum absolute atomic E-state index is 0.143. The van der Waals surface area contributed by atoms with Crippen LogP contribution < -0.4 is 0 Å². The van der Waals surface area contributed by atoms with E-state index in [2.05, 4.69) is 27.7 Å². The van der Waals surface area contributed by atoms with Gasteiger partial charge in [0.2, 0.25) is 0 Å². The first-order chi connectivity index (χ1) is 45.3. The number of allylic oxidation sites excluding steroid dienone is 2. The molecule has 0 unspecified atom stereocenters. The van der Waals surface area contributed by atoms with Crippen molar-refractivity contribution in [3.63, 3.8) is 0 Å². The van der Waals surface area contributed by atoms with Gasteiger partial charge in [0.05, 0.1) is 51.8 Å². The van der Waals surface area contributed by atoms with Crippen molar-refractivity contribution in [2.45, 2.75) is 302 Å². The van der Waals surface area contributed by atoms with Gasteiger partial charge in [-0.15, -0.1) is 0 Å². The molecule has 33 heteroatoms. The molecule has 0 amide bonds. The van der Waals surface area contributed by atoms with Crippen molar-refractivity contribution in [1.29, 1.82) is 0 Å². The summed E-state index contributed by atoms with van der Waals surface area (Å²) in [7, 11) is 0. The third-order valence-corrected chi connectivity index (χ3v) is 24.5. The Morgan fingerprint density at radius 1 is 0.417 bits per heavy atom. The van der Waals surface area contributed by atoms with Gasteiger partial charge in [-0.25, -0.2) is 0 Å². The molecule has 0 aromatic carbocycles. The summed E-state index contributed by atoms with van der Waals surface area (Å²) in [6, 6.07) is 0. The van der Waals surface area contributed by atoms with Gasteiger partial charge in [0.1, 0.15) is 146 Å². The molecule has 9 fully saturated rings. The lowest BCUT2D eigenvalue weighted by Gasteiger charge is -2.64. The molecule has 1 spiro atoms. The molecular formula is C63H102O33. The lowest BCUT2D eigenvalue weighted by Crippen LogP contribution is -2.69. The molecule has 0 bridgehead atoms. The monoisotopic (exact) mass is 1390 g/mol. The van der Waals surface area contributed by atoms with E-state index in [-0.39, 0.29) is 35.2 Å². The number of ether oxygens (including phenoxy) is 13. The van der Waals surface area contributed by atoms with E-state index in [1.807, 2.05) is 6.92 Å². The predicted octanol–water partition coefficient (Wildman–Crippen LogP) is -6.86. The molecule has 7 heterocycles. The van der Waals surface area contributed by atoms with Crippen LogP contribution in [0.1, 0.15) is 106 Å². The second-order valence-electron chi connectivity index (χ2n) is 29.5. The van der Waals surface area contributed by atoms with Crippen molar-refractivity contribution in [2.24, 2.45) is 33.5 Å². The minimum Gasteiger partial charge on any atom is -0.458 e. The summed E-state index contributed by atoms with van der Waals surface area (Å²) in [6.07, 6.45) is -52.4. The fourth-order valence-corrected chi connectivity index (χ4v) is 18.4. The van der Waals surface area contributed by atoms with E-state index in [9.17, 15) is 102 Å². The average molecular weight is 1390 g/mol. The highest BCUT2D eigenvalue weighted by Crippen LogP contribution is 2.75. The fourth-order valence-electron chi connectivity index (χ4n) is 18.4. The maximum Gasteiger partial charge on any atom is 0.306 e. The quantitative estimate of drug-likeness (QED) is 0.0448. The zero-order chi connectivity index (χ0) is 69.8. The summed E-state index contributed by atoms with van der Waals surface area (Å²) in [5.74, 6) is -0.0967. The van der Waals surface area contributed by atoms with Crippen molar-refractivity contribution in [2.75, 3.05) is 39.6 Å². The van der Waals surface area contributed by atoms with E-state index in [0.717, 1.165) is 38.5 Å². The van der Waals surface area contributed by atoms with Crippen LogP contribution in [0.15, 0.2) is 11.1 Å². The number of rotatable bonds is 18. The normalized spacial score (nSPS) is 54.7. The molecule has 7 aliphatic heterocycles. The van der Waals surface area contributed by atoms with Crippen LogP contribution in [0.5, 0.6) is 0 Å². The Kier molecular flexibility index (Phi) is 22.6. The van der Waals surface area contributed by atoms with Gasteiger partial charge in [0, 0.05) is 17.3 Å². The molecule has 4 aliphatic carbocycles. The van der Waals surface area contributed by atoms with Gasteiger partial charge in [0.15, 0.2) is 37.7 Å². The maximum absolute atomic E-state index is 13.0. The molecule has 96 heavy (non-hydrogen) atoms. The predicted molar refractivity (Wildman–Crippen MR) is 315 cm³/mol. The van der Waals surface area contributed by atoms with Crippen LogP contribution in [0, 0.1) is 33.5 Å². The molecule has 7 saturated heterocycles. The van der Waals surface area contributed by atoms with Crippen LogP contribution in [0.25, 0.3) is 0 Å². The highest BCUT2D eigenvalue weighted by molar-refractivity contribution is 5.71. The van der Waals surface area contributed by atoms with Crippen molar-refractivity contribution in [3.8, 4) is 0 Å². The standard InChI is InChI=1S/C63H102O33/c1-23-7-10-34(69)96-63(23)16-15-61(5)26-8-9-32-59(3,25(26)11-14-62(61,63)6)13-12-33(60(32,4)22-68)91-54-47(82)43(78)39(74)31(90-54)21-84-56-50(44(79)37(72)28(18-65)87-56)94-58-52(95-53-46(81)41(76)35(70)24(2)85-53)49(40(75)30(20-67)89-58)92-57-51(45(80)38(73)29(19-66)88-57)93-55-48(83)42(77)36(71)27(17-64)86-55/h23-24,27-33,35-58,64-68,70-83H,7-22H2,1-6H3/t23-,24+,27-,28-,29-,30-,31-,32-,33+,35+,36-,37+,38-,39-,40-,41-,42+,43+,44+,45+,46-,47-,48-,49+,50-,51-,52-,53+,54+,55+,56-,57+,58+,59-,60-,61+,62+,63+/m1/s1. The second-order valence-corrected chi connectivity index (χ2v) is 29.5. The van der Waals surface area contributed by atoms with E-state index in [4.69, 9.17) is 61.6 Å². The first-order valence-corrected chi connectivity index (χ1v) is 33.7.